The number of rotatable bonds is 2. The summed E-state index contributed by atoms with van der Waals surface area (Å²) in [5.41, 5.74) is 0. The zero-order valence-electron chi connectivity index (χ0n) is 6.61. The van der Waals surface area contributed by atoms with Gasteiger partial charge in [-0.2, -0.15) is 0 Å². The highest BCUT2D eigenvalue weighted by Crippen LogP contribution is 2.26. The van der Waals surface area contributed by atoms with Crippen molar-refractivity contribution in [1.29, 1.82) is 0 Å². The van der Waals surface area contributed by atoms with Crippen LogP contribution in [0, 0.1) is 5.92 Å². The summed E-state index contributed by atoms with van der Waals surface area (Å²) in [5.74, 6) is 0.101. The van der Waals surface area contributed by atoms with Crippen molar-refractivity contribution >= 4 is 0 Å². The maximum atomic E-state index is 9.40. The number of aliphatic hydroxyl groups excluding tert-OH is 3. The molecule has 3 unspecified atom stereocenters. The molecule has 0 bridgehead atoms. The van der Waals surface area contributed by atoms with E-state index < -0.39 is 0 Å². The van der Waals surface area contributed by atoms with Gasteiger partial charge in [0.25, 0.3) is 0 Å². The van der Waals surface area contributed by atoms with Gasteiger partial charge in [0.2, 0.25) is 0 Å². The van der Waals surface area contributed by atoms with E-state index in [4.69, 9.17) is 5.11 Å². The SMILES string of the molecule is OCCC1CC(O)CCC1O. The highest BCUT2D eigenvalue weighted by molar-refractivity contribution is 4.78. The minimum absolute atomic E-state index is 0.101. The second-order valence-electron chi connectivity index (χ2n) is 3.31. The van der Waals surface area contributed by atoms with Crippen LogP contribution in [0.1, 0.15) is 25.7 Å². The van der Waals surface area contributed by atoms with Crippen molar-refractivity contribution in [2.45, 2.75) is 37.9 Å². The molecule has 11 heavy (non-hydrogen) atoms. The molecule has 3 N–H and O–H groups in total. The lowest BCUT2D eigenvalue weighted by molar-refractivity contribution is -0.00183. The van der Waals surface area contributed by atoms with Crippen LogP contribution in [-0.2, 0) is 0 Å². The van der Waals surface area contributed by atoms with Gasteiger partial charge in [-0.15, -0.1) is 0 Å². The van der Waals surface area contributed by atoms with E-state index >= 15 is 0 Å². The molecule has 1 aliphatic carbocycles. The molecule has 0 amide bonds. The predicted octanol–water partition coefficient (Wildman–Crippen LogP) is -0.109. The average molecular weight is 160 g/mol. The van der Waals surface area contributed by atoms with E-state index in [2.05, 4.69) is 0 Å². The van der Waals surface area contributed by atoms with Gasteiger partial charge >= 0.3 is 0 Å². The van der Waals surface area contributed by atoms with Gasteiger partial charge in [0.05, 0.1) is 12.2 Å². The molecule has 0 aromatic rings. The summed E-state index contributed by atoms with van der Waals surface area (Å²) in [6.07, 6.45) is 2.04. The van der Waals surface area contributed by atoms with Crippen LogP contribution in [0.15, 0.2) is 0 Å². The normalized spacial score (nSPS) is 39.0. The van der Waals surface area contributed by atoms with E-state index in [-0.39, 0.29) is 24.7 Å². The molecule has 66 valence electrons. The first-order valence-electron chi connectivity index (χ1n) is 4.21. The molecule has 1 saturated carbocycles. The third kappa shape index (κ3) is 2.43. The average Bonchev–Trinajstić information content (AvgIpc) is 1.98. The summed E-state index contributed by atoms with van der Waals surface area (Å²) in [5, 5.41) is 27.3. The van der Waals surface area contributed by atoms with Gasteiger partial charge in [-0.25, -0.2) is 0 Å². The molecule has 0 aliphatic heterocycles. The fourth-order valence-electron chi connectivity index (χ4n) is 1.70. The largest absolute Gasteiger partial charge is 0.396 e. The molecule has 1 fully saturated rings. The first-order valence-corrected chi connectivity index (χ1v) is 4.21. The van der Waals surface area contributed by atoms with Crippen LogP contribution < -0.4 is 0 Å². The van der Waals surface area contributed by atoms with Gasteiger partial charge in [0, 0.05) is 6.61 Å². The Bertz CT molecular complexity index is 116. The number of hydrogen-bond donors (Lipinski definition) is 3. The van der Waals surface area contributed by atoms with E-state index in [0.717, 1.165) is 0 Å². The summed E-state index contributed by atoms with van der Waals surface area (Å²) in [4.78, 5) is 0. The Labute approximate surface area is 66.7 Å². The molecule has 3 nitrogen and oxygen atoms in total. The van der Waals surface area contributed by atoms with Crippen LogP contribution in [0.4, 0.5) is 0 Å². The minimum atomic E-state index is -0.314. The Hall–Kier alpha value is -0.120. The molecule has 1 aliphatic rings. The van der Waals surface area contributed by atoms with Crippen LogP contribution >= 0.6 is 0 Å². The van der Waals surface area contributed by atoms with Crippen molar-refractivity contribution in [3.8, 4) is 0 Å². The van der Waals surface area contributed by atoms with Crippen molar-refractivity contribution in [1.82, 2.24) is 0 Å². The Morgan fingerprint density at radius 3 is 2.55 bits per heavy atom. The Morgan fingerprint density at radius 2 is 1.91 bits per heavy atom. The van der Waals surface area contributed by atoms with Crippen LogP contribution in [-0.4, -0.2) is 34.1 Å². The third-order valence-electron chi connectivity index (χ3n) is 2.41. The molecule has 0 heterocycles. The quantitative estimate of drug-likeness (QED) is 0.528. The molecule has 0 radical (unpaired) electrons. The summed E-state index contributed by atoms with van der Waals surface area (Å²) >= 11 is 0. The second-order valence-corrected chi connectivity index (χ2v) is 3.31. The summed E-state index contributed by atoms with van der Waals surface area (Å²) in [7, 11) is 0. The number of aliphatic hydroxyl groups is 3. The Morgan fingerprint density at radius 1 is 1.18 bits per heavy atom. The number of hydrogen-bond acceptors (Lipinski definition) is 3. The highest BCUT2D eigenvalue weighted by atomic mass is 16.3. The fourth-order valence-corrected chi connectivity index (χ4v) is 1.70. The van der Waals surface area contributed by atoms with Gasteiger partial charge in [-0.3, -0.25) is 0 Å². The van der Waals surface area contributed by atoms with E-state index in [1.54, 1.807) is 0 Å². The molecule has 3 atom stereocenters. The van der Waals surface area contributed by atoms with Crippen LogP contribution in [0.3, 0.4) is 0 Å². The van der Waals surface area contributed by atoms with Gasteiger partial charge in [0.1, 0.15) is 0 Å². The molecule has 0 aromatic heterocycles. The van der Waals surface area contributed by atoms with Gasteiger partial charge in [-0.1, -0.05) is 0 Å². The maximum Gasteiger partial charge on any atom is 0.0571 e. The van der Waals surface area contributed by atoms with Gasteiger partial charge < -0.3 is 15.3 Å². The molecule has 0 saturated heterocycles. The summed E-state index contributed by atoms with van der Waals surface area (Å²) < 4.78 is 0. The van der Waals surface area contributed by atoms with Crippen molar-refractivity contribution in [3.63, 3.8) is 0 Å². The first-order chi connectivity index (χ1) is 5.24. The molecular weight excluding hydrogens is 144 g/mol. The molecular formula is C8H16O3. The lowest BCUT2D eigenvalue weighted by atomic mass is 9.83. The van der Waals surface area contributed by atoms with Gasteiger partial charge in [0.15, 0.2) is 0 Å². The highest BCUT2D eigenvalue weighted by Gasteiger charge is 2.27. The molecule has 0 spiro atoms. The van der Waals surface area contributed by atoms with Crippen LogP contribution in [0.25, 0.3) is 0 Å². The van der Waals surface area contributed by atoms with Crippen LogP contribution in [0.5, 0.6) is 0 Å². The molecule has 1 rings (SSSR count). The fraction of sp³-hybridized carbons (Fsp3) is 1.00. The van der Waals surface area contributed by atoms with Crippen molar-refractivity contribution < 1.29 is 15.3 Å². The Balaban J connectivity index is 2.34. The first kappa shape index (κ1) is 8.97. The second kappa shape index (κ2) is 4.04. The van der Waals surface area contributed by atoms with Crippen LogP contribution in [0.2, 0.25) is 0 Å². The lowest BCUT2D eigenvalue weighted by Gasteiger charge is -2.30. The monoisotopic (exact) mass is 160 g/mol. The molecule has 0 aromatic carbocycles. The summed E-state index contributed by atoms with van der Waals surface area (Å²) in [6.45, 7) is 0.106. The third-order valence-corrected chi connectivity index (χ3v) is 2.41. The zero-order valence-corrected chi connectivity index (χ0v) is 6.61. The van der Waals surface area contributed by atoms with Crippen molar-refractivity contribution in [3.05, 3.63) is 0 Å². The minimum Gasteiger partial charge on any atom is -0.396 e. The summed E-state index contributed by atoms with van der Waals surface area (Å²) in [6, 6.07) is 0. The standard InChI is InChI=1S/C8H16O3/c9-4-3-6-5-7(10)1-2-8(6)11/h6-11H,1-5H2. The van der Waals surface area contributed by atoms with E-state index in [1.807, 2.05) is 0 Å². The Kier molecular flexibility index (Phi) is 3.30. The maximum absolute atomic E-state index is 9.40. The van der Waals surface area contributed by atoms with Gasteiger partial charge in [-0.05, 0) is 31.6 Å². The zero-order chi connectivity index (χ0) is 8.27. The molecule has 3 heteroatoms. The predicted molar refractivity (Wildman–Crippen MR) is 41.1 cm³/mol. The van der Waals surface area contributed by atoms with E-state index in [9.17, 15) is 10.2 Å². The smallest absolute Gasteiger partial charge is 0.0571 e. The van der Waals surface area contributed by atoms with Crippen molar-refractivity contribution in [2.75, 3.05) is 6.61 Å². The van der Waals surface area contributed by atoms with E-state index in [1.165, 1.54) is 0 Å². The van der Waals surface area contributed by atoms with Crippen molar-refractivity contribution in [2.24, 2.45) is 5.92 Å². The van der Waals surface area contributed by atoms with E-state index in [0.29, 0.717) is 25.7 Å². The lowest BCUT2D eigenvalue weighted by Crippen LogP contribution is -2.32. The topological polar surface area (TPSA) is 60.7 Å².